The van der Waals surface area contributed by atoms with Crippen molar-refractivity contribution in [1.29, 1.82) is 0 Å². The van der Waals surface area contributed by atoms with Crippen molar-refractivity contribution < 1.29 is 4.39 Å². The van der Waals surface area contributed by atoms with Gasteiger partial charge in [-0.15, -0.1) is 0 Å². The number of unbranched alkanes of at least 4 members (excludes halogenated alkanes) is 1. The average molecular weight is 401 g/mol. The van der Waals surface area contributed by atoms with Crippen LogP contribution in [0.5, 0.6) is 0 Å². The predicted molar refractivity (Wildman–Crippen MR) is 84.1 cm³/mol. The summed E-state index contributed by atoms with van der Waals surface area (Å²) in [6.45, 7) is 4.32. The fourth-order valence-electron chi connectivity index (χ4n) is 2.03. The van der Waals surface area contributed by atoms with Gasteiger partial charge >= 0.3 is 0 Å². The lowest BCUT2D eigenvalue weighted by Crippen LogP contribution is -2.08. The van der Waals surface area contributed by atoms with Crippen LogP contribution in [0, 0.1) is 11.7 Å². The Labute approximate surface area is 131 Å². The molecule has 0 nitrogen and oxygen atoms in total. The first-order chi connectivity index (χ1) is 8.51. The summed E-state index contributed by atoms with van der Waals surface area (Å²) < 4.78 is 14.6. The summed E-state index contributed by atoms with van der Waals surface area (Å²) >= 11 is 12.9. The van der Waals surface area contributed by atoms with Crippen LogP contribution in [0.3, 0.4) is 0 Å². The number of alkyl halides is 1. The first-order valence-electron chi connectivity index (χ1n) is 6.29. The molecule has 0 amide bonds. The molecular weight excluding hydrogens is 382 g/mol. The zero-order valence-electron chi connectivity index (χ0n) is 10.6. The molecule has 0 radical (unpaired) electrons. The lowest BCUT2D eigenvalue weighted by molar-refractivity contribution is 0.437. The van der Waals surface area contributed by atoms with Crippen LogP contribution in [0.1, 0.15) is 49.9 Å². The first-order valence-corrected chi connectivity index (χ1v) is 8.38. The van der Waals surface area contributed by atoms with Gasteiger partial charge in [0, 0.05) is 14.9 Å². The van der Waals surface area contributed by atoms with Crippen LogP contribution in [-0.2, 0) is 0 Å². The molecule has 102 valence electrons. The molecule has 4 heteroatoms. The molecule has 0 saturated carbocycles. The Kier molecular flexibility index (Phi) is 7.19. The number of rotatable bonds is 6. The highest BCUT2D eigenvalue weighted by atomic mass is 79.9. The summed E-state index contributed by atoms with van der Waals surface area (Å²) in [6.07, 6.45) is 4.48. The molecular formula is C14H18Br2ClF. The number of halogens is 4. The smallest absolute Gasteiger partial charge is 0.128 e. The molecule has 0 aromatic heterocycles. The molecule has 1 aromatic carbocycles. The summed E-state index contributed by atoms with van der Waals surface area (Å²) in [5.41, 5.74) is 0.658. The number of hydrogen-bond donors (Lipinski definition) is 0. The lowest BCUT2D eigenvalue weighted by Gasteiger charge is -2.22. The Bertz CT molecular complexity index is 396. The molecule has 0 spiro atoms. The van der Waals surface area contributed by atoms with Crippen LogP contribution in [-0.4, -0.2) is 0 Å². The Morgan fingerprint density at radius 2 is 2.00 bits per heavy atom. The van der Waals surface area contributed by atoms with Gasteiger partial charge in [-0.25, -0.2) is 4.39 Å². The monoisotopic (exact) mass is 398 g/mol. The SMILES string of the molecule is CCCCC(CC)C(Br)c1cc(Cl)c(Br)cc1F. The van der Waals surface area contributed by atoms with Crippen LogP contribution < -0.4 is 0 Å². The van der Waals surface area contributed by atoms with Gasteiger partial charge in [0.15, 0.2) is 0 Å². The van der Waals surface area contributed by atoms with E-state index in [1.807, 2.05) is 0 Å². The van der Waals surface area contributed by atoms with E-state index in [1.54, 1.807) is 6.07 Å². The summed E-state index contributed by atoms with van der Waals surface area (Å²) in [6, 6.07) is 3.16. The van der Waals surface area contributed by atoms with E-state index in [4.69, 9.17) is 11.6 Å². The quantitative estimate of drug-likeness (QED) is 0.360. The Hall–Kier alpha value is 0.400. The molecule has 1 rings (SSSR count). The maximum atomic E-state index is 14.0. The first kappa shape index (κ1) is 16.5. The fraction of sp³-hybridized carbons (Fsp3) is 0.571. The highest BCUT2D eigenvalue weighted by Gasteiger charge is 2.22. The van der Waals surface area contributed by atoms with Gasteiger partial charge in [-0.1, -0.05) is 60.6 Å². The fourth-order valence-corrected chi connectivity index (χ4v) is 3.50. The number of hydrogen-bond acceptors (Lipinski definition) is 0. The molecule has 2 unspecified atom stereocenters. The summed E-state index contributed by atoms with van der Waals surface area (Å²) in [5, 5.41) is 0.557. The zero-order chi connectivity index (χ0) is 13.7. The van der Waals surface area contributed by atoms with Crippen molar-refractivity contribution >= 4 is 43.5 Å². The van der Waals surface area contributed by atoms with Crippen molar-refractivity contribution in [1.82, 2.24) is 0 Å². The summed E-state index contributed by atoms with van der Waals surface area (Å²) in [5.74, 6) is 0.236. The lowest BCUT2D eigenvalue weighted by atomic mass is 9.91. The van der Waals surface area contributed by atoms with Crippen molar-refractivity contribution in [3.05, 3.63) is 33.0 Å². The Morgan fingerprint density at radius 1 is 1.33 bits per heavy atom. The van der Waals surface area contributed by atoms with E-state index in [9.17, 15) is 4.39 Å². The van der Waals surface area contributed by atoms with Gasteiger partial charge in [0.25, 0.3) is 0 Å². The van der Waals surface area contributed by atoms with E-state index in [1.165, 1.54) is 18.9 Å². The van der Waals surface area contributed by atoms with E-state index in [0.29, 0.717) is 21.0 Å². The maximum Gasteiger partial charge on any atom is 0.128 e. The van der Waals surface area contributed by atoms with Crippen LogP contribution in [0.25, 0.3) is 0 Å². The van der Waals surface area contributed by atoms with Crippen LogP contribution in [0.4, 0.5) is 4.39 Å². The maximum absolute atomic E-state index is 14.0. The molecule has 0 aliphatic carbocycles. The van der Waals surface area contributed by atoms with E-state index >= 15 is 0 Å². The van der Waals surface area contributed by atoms with Crippen LogP contribution in [0.15, 0.2) is 16.6 Å². The Morgan fingerprint density at radius 3 is 2.56 bits per heavy atom. The number of benzene rings is 1. The molecule has 0 bridgehead atoms. The molecule has 0 heterocycles. The second-order valence-corrected chi connectivity index (χ2v) is 6.75. The molecule has 18 heavy (non-hydrogen) atoms. The minimum absolute atomic E-state index is 0.0275. The molecule has 2 atom stereocenters. The van der Waals surface area contributed by atoms with Gasteiger partial charge in [0.2, 0.25) is 0 Å². The van der Waals surface area contributed by atoms with Crippen molar-refractivity contribution in [3.8, 4) is 0 Å². The van der Waals surface area contributed by atoms with E-state index in [2.05, 4.69) is 45.7 Å². The van der Waals surface area contributed by atoms with E-state index < -0.39 is 0 Å². The van der Waals surface area contributed by atoms with Gasteiger partial charge in [-0.05, 0) is 40.4 Å². The molecule has 0 aliphatic rings. The van der Waals surface area contributed by atoms with E-state index in [0.717, 1.165) is 12.8 Å². The highest BCUT2D eigenvalue weighted by molar-refractivity contribution is 9.10. The molecule has 1 aromatic rings. The average Bonchev–Trinajstić information content (AvgIpc) is 2.34. The van der Waals surface area contributed by atoms with Crippen LogP contribution >= 0.6 is 43.5 Å². The minimum atomic E-state index is -0.205. The topological polar surface area (TPSA) is 0 Å². The highest BCUT2D eigenvalue weighted by Crippen LogP contribution is 2.39. The third-order valence-electron chi connectivity index (χ3n) is 3.20. The third-order valence-corrected chi connectivity index (χ3v) is 5.64. The summed E-state index contributed by atoms with van der Waals surface area (Å²) in [4.78, 5) is 0.0275. The summed E-state index contributed by atoms with van der Waals surface area (Å²) in [7, 11) is 0. The van der Waals surface area contributed by atoms with Gasteiger partial charge < -0.3 is 0 Å². The molecule has 0 aliphatic heterocycles. The van der Waals surface area contributed by atoms with Crippen LogP contribution in [0.2, 0.25) is 5.02 Å². The van der Waals surface area contributed by atoms with Crippen molar-refractivity contribution in [2.45, 2.75) is 44.4 Å². The van der Waals surface area contributed by atoms with Crippen molar-refractivity contribution in [2.75, 3.05) is 0 Å². The standard InChI is InChI=1S/C14H18Br2ClF/c1-3-5-6-9(4-2)14(16)10-7-12(17)11(15)8-13(10)18/h7-9,14H,3-6H2,1-2H3. The molecule has 0 saturated heterocycles. The minimum Gasteiger partial charge on any atom is -0.207 e. The van der Waals surface area contributed by atoms with E-state index in [-0.39, 0.29) is 10.6 Å². The van der Waals surface area contributed by atoms with Gasteiger partial charge in [0.05, 0.1) is 5.02 Å². The van der Waals surface area contributed by atoms with Gasteiger partial charge in [-0.3, -0.25) is 0 Å². The predicted octanol–water partition coefficient (Wildman–Crippen LogP) is 6.89. The normalized spacial score (nSPS) is 14.6. The van der Waals surface area contributed by atoms with Gasteiger partial charge in [0.1, 0.15) is 5.82 Å². The second kappa shape index (κ2) is 7.86. The molecule has 0 N–H and O–H groups in total. The second-order valence-electron chi connectivity index (χ2n) is 4.50. The van der Waals surface area contributed by atoms with Crippen molar-refractivity contribution in [3.63, 3.8) is 0 Å². The Balaban J connectivity index is 2.94. The van der Waals surface area contributed by atoms with Gasteiger partial charge in [-0.2, -0.15) is 0 Å². The zero-order valence-corrected chi connectivity index (χ0v) is 14.6. The molecule has 0 fully saturated rings. The van der Waals surface area contributed by atoms with Crippen molar-refractivity contribution in [2.24, 2.45) is 5.92 Å². The third kappa shape index (κ3) is 4.21. The largest absolute Gasteiger partial charge is 0.207 e.